The van der Waals surface area contributed by atoms with Crippen molar-refractivity contribution in [2.75, 3.05) is 19.0 Å². The first-order valence-electron chi connectivity index (χ1n) is 11.5. The van der Waals surface area contributed by atoms with E-state index in [0.29, 0.717) is 22.3 Å². The summed E-state index contributed by atoms with van der Waals surface area (Å²) in [5, 5.41) is 3.33. The van der Waals surface area contributed by atoms with Crippen molar-refractivity contribution in [1.29, 1.82) is 0 Å². The molecule has 180 valence electrons. The van der Waals surface area contributed by atoms with Crippen LogP contribution in [0, 0.1) is 20.8 Å². The number of nitrogens with one attached hydrogen (secondary N) is 1. The predicted octanol–water partition coefficient (Wildman–Crippen LogP) is 5.97. The highest BCUT2D eigenvalue weighted by Crippen LogP contribution is 2.32. The molecule has 4 rings (SSSR count). The molecule has 6 nitrogen and oxygen atoms in total. The van der Waals surface area contributed by atoms with E-state index in [9.17, 15) is 9.59 Å². The average Bonchev–Trinajstić information content (AvgIpc) is 2.85. The Balaban J connectivity index is 1.71. The topological polar surface area (TPSA) is 77.8 Å². The number of aryl methyl sites for hydroxylation is 4. The lowest BCUT2D eigenvalue weighted by molar-refractivity contribution is -0.118. The van der Waals surface area contributed by atoms with Crippen LogP contribution in [0.15, 0.2) is 63.8 Å². The third-order valence-electron chi connectivity index (χ3n) is 5.96. The van der Waals surface area contributed by atoms with E-state index in [-0.39, 0.29) is 29.5 Å². The molecule has 0 saturated heterocycles. The summed E-state index contributed by atoms with van der Waals surface area (Å²) in [7, 11) is 1.58. The van der Waals surface area contributed by atoms with Crippen LogP contribution in [0.5, 0.6) is 11.5 Å². The minimum absolute atomic E-state index is 0.00317. The quantitative estimate of drug-likeness (QED) is 0.359. The van der Waals surface area contributed by atoms with Gasteiger partial charge >= 0.3 is 0 Å². The van der Waals surface area contributed by atoms with Gasteiger partial charge in [-0.15, -0.1) is 0 Å². The maximum Gasteiger partial charge on any atom is 0.262 e. The standard InChI is InChI=1S/C29H29NO5/c1-6-20-7-12-24-23(15-20)27(32)29(28(35-24)21-8-10-22(33-5)11-9-21)34-16-25(31)30-26-18(3)13-17(2)14-19(26)4/h7-15H,6,16H2,1-5H3,(H,30,31). The Morgan fingerprint density at radius 2 is 1.66 bits per heavy atom. The molecular formula is C29H29NO5. The van der Waals surface area contributed by atoms with Gasteiger partial charge in [-0.25, -0.2) is 0 Å². The summed E-state index contributed by atoms with van der Waals surface area (Å²) in [5.41, 5.74) is 5.60. The largest absolute Gasteiger partial charge is 0.497 e. The van der Waals surface area contributed by atoms with E-state index in [4.69, 9.17) is 13.9 Å². The van der Waals surface area contributed by atoms with Gasteiger partial charge in [0, 0.05) is 11.3 Å². The van der Waals surface area contributed by atoms with E-state index in [1.807, 2.05) is 52.0 Å². The number of carbonyl (C=O) groups is 1. The van der Waals surface area contributed by atoms with Crippen LogP contribution in [-0.4, -0.2) is 19.6 Å². The van der Waals surface area contributed by atoms with Gasteiger partial charge in [0.1, 0.15) is 11.3 Å². The number of rotatable bonds is 7. The van der Waals surface area contributed by atoms with Crippen molar-refractivity contribution in [3.05, 3.63) is 87.1 Å². The van der Waals surface area contributed by atoms with Crippen LogP contribution in [0.1, 0.15) is 29.2 Å². The maximum atomic E-state index is 13.5. The van der Waals surface area contributed by atoms with Crippen molar-refractivity contribution in [3.63, 3.8) is 0 Å². The Bertz CT molecular complexity index is 1430. The highest BCUT2D eigenvalue weighted by atomic mass is 16.5. The first kappa shape index (κ1) is 24.1. The van der Waals surface area contributed by atoms with E-state index >= 15 is 0 Å². The van der Waals surface area contributed by atoms with Gasteiger partial charge in [-0.3, -0.25) is 9.59 Å². The molecule has 4 aromatic rings. The zero-order valence-electron chi connectivity index (χ0n) is 20.7. The van der Waals surface area contributed by atoms with Crippen LogP contribution in [0.2, 0.25) is 0 Å². The Labute approximate surface area is 204 Å². The van der Waals surface area contributed by atoms with Gasteiger partial charge in [-0.2, -0.15) is 0 Å². The van der Waals surface area contributed by atoms with Gasteiger partial charge in [0.05, 0.1) is 12.5 Å². The normalized spacial score (nSPS) is 10.9. The van der Waals surface area contributed by atoms with Crippen molar-refractivity contribution in [1.82, 2.24) is 0 Å². The molecule has 3 aromatic carbocycles. The van der Waals surface area contributed by atoms with Crippen molar-refractivity contribution in [2.45, 2.75) is 34.1 Å². The van der Waals surface area contributed by atoms with Gasteiger partial charge in [0.25, 0.3) is 5.91 Å². The fourth-order valence-electron chi connectivity index (χ4n) is 4.20. The van der Waals surface area contributed by atoms with E-state index in [2.05, 4.69) is 5.32 Å². The summed E-state index contributed by atoms with van der Waals surface area (Å²) in [5.74, 6) is 0.589. The number of hydrogen-bond donors (Lipinski definition) is 1. The number of benzene rings is 3. The van der Waals surface area contributed by atoms with Crippen molar-refractivity contribution < 1.29 is 18.7 Å². The van der Waals surface area contributed by atoms with Crippen molar-refractivity contribution >= 4 is 22.6 Å². The van der Waals surface area contributed by atoms with Gasteiger partial charge in [0.15, 0.2) is 12.4 Å². The second-order valence-electron chi connectivity index (χ2n) is 8.61. The number of amides is 1. The van der Waals surface area contributed by atoms with Crippen molar-refractivity contribution in [3.8, 4) is 22.8 Å². The highest BCUT2D eigenvalue weighted by Gasteiger charge is 2.20. The van der Waals surface area contributed by atoms with Crippen LogP contribution in [-0.2, 0) is 11.2 Å². The van der Waals surface area contributed by atoms with E-state index in [0.717, 1.165) is 34.4 Å². The number of fused-ring (bicyclic) bond motifs is 1. The molecule has 0 saturated carbocycles. The van der Waals surface area contributed by atoms with E-state index in [1.165, 1.54) is 0 Å². The average molecular weight is 472 g/mol. The summed E-state index contributed by atoms with van der Waals surface area (Å²) >= 11 is 0. The molecule has 0 spiro atoms. The van der Waals surface area contributed by atoms with Crippen LogP contribution in [0.25, 0.3) is 22.3 Å². The molecule has 6 heteroatoms. The van der Waals surface area contributed by atoms with Crippen LogP contribution >= 0.6 is 0 Å². The molecule has 0 bridgehead atoms. The Hall–Kier alpha value is -4.06. The summed E-state index contributed by atoms with van der Waals surface area (Å²) in [6.45, 7) is 7.59. The van der Waals surface area contributed by atoms with E-state index in [1.54, 1.807) is 37.4 Å². The Morgan fingerprint density at radius 3 is 2.29 bits per heavy atom. The molecule has 1 aromatic heterocycles. The van der Waals surface area contributed by atoms with Gasteiger partial charge in [-0.1, -0.05) is 30.7 Å². The molecule has 0 aliphatic heterocycles. The summed E-state index contributed by atoms with van der Waals surface area (Å²) in [6, 6.07) is 16.7. The summed E-state index contributed by atoms with van der Waals surface area (Å²) < 4.78 is 17.2. The molecule has 35 heavy (non-hydrogen) atoms. The predicted molar refractivity (Wildman–Crippen MR) is 139 cm³/mol. The van der Waals surface area contributed by atoms with Crippen LogP contribution < -0.4 is 20.2 Å². The lowest BCUT2D eigenvalue weighted by Gasteiger charge is -2.15. The Kier molecular flexibility index (Phi) is 6.92. The molecular weight excluding hydrogens is 442 g/mol. The second-order valence-corrected chi connectivity index (χ2v) is 8.61. The lowest BCUT2D eigenvalue weighted by atomic mass is 10.1. The molecule has 0 fully saturated rings. The number of anilines is 1. The zero-order valence-corrected chi connectivity index (χ0v) is 20.7. The maximum absolute atomic E-state index is 13.5. The van der Waals surface area contributed by atoms with Crippen LogP contribution in [0.3, 0.4) is 0 Å². The van der Waals surface area contributed by atoms with Crippen LogP contribution in [0.4, 0.5) is 5.69 Å². The highest BCUT2D eigenvalue weighted by molar-refractivity contribution is 5.93. The smallest absolute Gasteiger partial charge is 0.262 e. The molecule has 0 unspecified atom stereocenters. The molecule has 0 atom stereocenters. The molecule has 0 aliphatic rings. The SMILES string of the molecule is CCc1ccc2oc(-c3ccc(OC)cc3)c(OCC(=O)Nc3c(C)cc(C)cc3C)c(=O)c2c1. The van der Waals surface area contributed by atoms with Gasteiger partial charge in [0.2, 0.25) is 11.2 Å². The monoisotopic (exact) mass is 471 g/mol. The lowest BCUT2D eigenvalue weighted by Crippen LogP contribution is -2.23. The molecule has 1 N–H and O–H groups in total. The second kappa shape index (κ2) is 10.1. The number of hydrogen-bond acceptors (Lipinski definition) is 5. The minimum atomic E-state index is -0.359. The Morgan fingerprint density at radius 1 is 0.971 bits per heavy atom. The molecule has 0 aliphatic carbocycles. The van der Waals surface area contributed by atoms with Gasteiger partial charge in [-0.05, 0) is 80.3 Å². The summed E-state index contributed by atoms with van der Waals surface area (Å²) in [4.78, 5) is 26.3. The fourth-order valence-corrected chi connectivity index (χ4v) is 4.20. The first-order chi connectivity index (χ1) is 16.8. The van der Waals surface area contributed by atoms with Gasteiger partial charge < -0.3 is 19.2 Å². The third kappa shape index (κ3) is 5.06. The van der Waals surface area contributed by atoms with Crippen molar-refractivity contribution in [2.24, 2.45) is 0 Å². The minimum Gasteiger partial charge on any atom is -0.497 e. The fraction of sp³-hybridized carbons (Fsp3) is 0.241. The molecule has 1 amide bonds. The number of ether oxygens (including phenoxy) is 2. The third-order valence-corrected chi connectivity index (χ3v) is 5.96. The first-order valence-corrected chi connectivity index (χ1v) is 11.5. The number of methoxy groups -OCH3 is 1. The molecule has 0 radical (unpaired) electrons. The summed E-state index contributed by atoms with van der Waals surface area (Å²) in [6.07, 6.45) is 0.781. The number of carbonyl (C=O) groups excluding carboxylic acids is 1. The molecule has 1 heterocycles. The zero-order chi connectivity index (χ0) is 25.1. The van der Waals surface area contributed by atoms with E-state index < -0.39 is 0 Å².